The number of anilines is 1. The number of aromatic nitrogens is 5. The predicted molar refractivity (Wildman–Crippen MR) is 170 cm³/mol. The van der Waals surface area contributed by atoms with E-state index >= 15 is 4.39 Å². The number of hydrogen-bond acceptors (Lipinski definition) is 8. The van der Waals surface area contributed by atoms with Crippen LogP contribution < -0.4 is 10.6 Å². The van der Waals surface area contributed by atoms with Crippen molar-refractivity contribution in [1.82, 2.24) is 34.1 Å². The average Bonchev–Trinajstić information content (AvgIpc) is 3.40. The van der Waals surface area contributed by atoms with Crippen LogP contribution in [0.25, 0.3) is 22.0 Å². The lowest BCUT2D eigenvalue weighted by Gasteiger charge is -2.41. The zero-order valence-corrected chi connectivity index (χ0v) is 26.7. The van der Waals surface area contributed by atoms with E-state index in [4.69, 9.17) is 11.6 Å². The Morgan fingerprint density at radius 3 is 2.65 bits per heavy atom. The van der Waals surface area contributed by atoms with E-state index in [-0.39, 0.29) is 34.1 Å². The molecule has 0 spiro atoms. The fourth-order valence-corrected chi connectivity index (χ4v) is 8.47. The smallest absolute Gasteiger partial charge is 0.350 e. The van der Waals surface area contributed by atoms with Crippen LogP contribution in [0.1, 0.15) is 24.6 Å². The van der Waals surface area contributed by atoms with E-state index < -0.39 is 23.1 Å². The molecule has 0 saturated carbocycles. The predicted octanol–water partition coefficient (Wildman–Crippen LogP) is 4.42. The van der Waals surface area contributed by atoms with Crippen molar-refractivity contribution >= 4 is 46.0 Å². The van der Waals surface area contributed by atoms with Crippen molar-refractivity contribution in [3.8, 4) is 11.1 Å². The summed E-state index contributed by atoms with van der Waals surface area (Å²) in [6.07, 6.45) is 1.28. The fraction of sp³-hybridized carbons (Fsp3) is 0.387. The lowest BCUT2D eigenvalue weighted by Crippen LogP contribution is -2.54. The number of aryl methyl sites for hydroxylation is 1. The van der Waals surface area contributed by atoms with Gasteiger partial charge in [-0.3, -0.25) is 14.3 Å². The Morgan fingerprint density at radius 2 is 1.89 bits per heavy atom. The van der Waals surface area contributed by atoms with Crippen molar-refractivity contribution in [3.63, 3.8) is 0 Å². The Bertz CT molecular complexity index is 1980. The van der Waals surface area contributed by atoms with Crippen molar-refractivity contribution in [3.05, 3.63) is 75.5 Å². The quantitative estimate of drug-likeness (QED) is 0.228. The number of nitrogens with zero attached hydrogens (tertiary/aromatic N) is 8. The van der Waals surface area contributed by atoms with E-state index in [2.05, 4.69) is 31.2 Å². The Morgan fingerprint density at radius 1 is 1.11 bits per heavy atom. The molecule has 7 rings (SSSR count). The minimum Gasteiger partial charge on any atom is -0.350 e. The highest BCUT2D eigenvalue weighted by molar-refractivity contribution is 7.99. The Kier molecular flexibility index (Phi) is 7.84. The second-order valence-electron chi connectivity index (χ2n) is 11.8. The minimum atomic E-state index is -1.31. The van der Waals surface area contributed by atoms with Crippen molar-refractivity contribution in [2.75, 3.05) is 43.4 Å². The monoisotopic (exact) mass is 670 g/mol. The molecule has 0 N–H and O–H groups in total. The maximum absolute atomic E-state index is 15.2. The first-order chi connectivity index (χ1) is 22.0. The van der Waals surface area contributed by atoms with E-state index in [9.17, 15) is 18.4 Å². The van der Waals surface area contributed by atoms with Crippen molar-refractivity contribution < 1.29 is 18.0 Å². The topological polar surface area (TPSA) is 92.4 Å². The molecule has 10 nitrogen and oxygen atoms in total. The summed E-state index contributed by atoms with van der Waals surface area (Å²) < 4.78 is 47.4. The normalized spacial score (nSPS) is 19.9. The molecule has 2 aromatic heterocycles. The van der Waals surface area contributed by atoms with Crippen LogP contribution in [0, 0.1) is 24.4 Å². The Hall–Kier alpha value is -3.88. The molecule has 1 saturated heterocycles. The first-order valence-electron chi connectivity index (χ1n) is 14.9. The number of rotatable bonds is 5. The number of thioether (sulfide) groups is 1. The third kappa shape index (κ3) is 5.06. The van der Waals surface area contributed by atoms with Crippen LogP contribution in [0.5, 0.6) is 0 Å². The first kappa shape index (κ1) is 30.8. The van der Waals surface area contributed by atoms with Crippen molar-refractivity contribution in [1.29, 1.82) is 0 Å². The highest BCUT2D eigenvalue weighted by Crippen LogP contribution is 2.48. The van der Waals surface area contributed by atoms with Gasteiger partial charge < -0.3 is 14.4 Å². The first-order valence-corrected chi connectivity index (χ1v) is 16.3. The summed E-state index contributed by atoms with van der Waals surface area (Å²) in [4.78, 5) is 37.4. The number of carbonyl (C=O) groups excluding carboxylic acids is 1. The summed E-state index contributed by atoms with van der Waals surface area (Å²) in [5, 5.41) is 9.19. The fourth-order valence-electron chi connectivity index (χ4n) is 6.79. The van der Waals surface area contributed by atoms with Gasteiger partial charge in [-0.2, -0.15) is 4.98 Å². The molecule has 0 bridgehead atoms. The van der Waals surface area contributed by atoms with Crippen LogP contribution in [0.15, 0.2) is 40.5 Å². The van der Waals surface area contributed by atoms with Crippen LogP contribution in [0.4, 0.5) is 19.0 Å². The van der Waals surface area contributed by atoms with E-state index in [1.165, 1.54) is 17.8 Å². The van der Waals surface area contributed by atoms with E-state index in [1.807, 2.05) is 18.7 Å². The number of benzene rings is 2. The van der Waals surface area contributed by atoms with Crippen LogP contribution in [-0.4, -0.2) is 84.5 Å². The van der Waals surface area contributed by atoms with Crippen LogP contribution >= 0.6 is 23.4 Å². The van der Waals surface area contributed by atoms with Gasteiger partial charge in [-0.1, -0.05) is 18.2 Å². The zero-order chi connectivity index (χ0) is 32.4. The highest BCUT2D eigenvalue weighted by atomic mass is 35.5. The summed E-state index contributed by atoms with van der Waals surface area (Å²) in [5.41, 5.74) is 0.0172. The van der Waals surface area contributed by atoms with Gasteiger partial charge in [-0.15, -0.1) is 22.0 Å². The minimum absolute atomic E-state index is 0.116. The maximum atomic E-state index is 15.2. The standard InChI is InChI=1S/C31H30ClF3N8O2S/c1-4-26(44)40-6-8-41(16(2)12-40)30-20-9-21(32)27(19-10-23(34)24(35)11-22(19)33)29-28(20)43(31(45)36-30)18(15-46-29)13-39-5-7-42-17(3)37-38-25(42)14-39/h4,9-11,16,18H,1,5-8,12-15H2,2-3H3/t16-,18-/m0/s1. The van der Waals surface area contributed by atoms with Gasteiger partial charge in [-0.25, -0.2) is 18.0 Å². The van der Waals surface area contributed by atoms with Gasteiger partial charge in [0.05, 0.1) is 23.1 Å². The van der Waals surface area contributed by atoms with Crippen LogP contribution in [-0.2, 0) is 17.9 Å². The number of amides is 1. The lowest BCUT2D eigenvalue weighted by atomic mass is 10.0. The molecule has 0 unspecified atom stereocenters. The van der Waals surface area contributed by atoms with Gasteiger partial charge in [0, 0.05) is 78.5 Å². The molecule has 2 atom stereocenters. The Balaban J connectivity index is 1.37. The van der Waals surface area contributed by atoms with E-state index in [0.29, 0.717) is 66.2 Å². The molecule has 2 aromatic carbocycles. The third-order valence-electron chi connectivity index (χ3n) is 9.03. The summed E-state index contributed by atoms with van der Waals surface area (Å²) in [7, 11) is 0. The second-order valence-corrected chi connectivity index (χ2v) is 13.3. The average molecular weight is 671 g/mol. The maximum Gasteiger partial charge on any atom is 0.350 e. The number of carbonyl (C=O) groups is 1. The zero-order valence-electron chi connectivity index (χ0n) is 25.1. The summed E-state index contributed by atoms with van der Waals surface area (Å²) in [5.74, 6) is -1.12. The van der Waals surface area contributed by atoms with Crippen molar-refractivity contribution in [2.45, 2.75) is 43.9 Å². The molecule has 240 valence electrons. The molecule has 46 heavy (non-hydrogen) atoms. The lowest BCUT2D eigenvalue weighted by molar-refractivity contribution is -0.126. The van der Waals surface area contributed by atoms with Gasteiger partial charge in [0.25, 0.3) is 0 Å². The molecule has 3 aliphatic rings. The SMILES string of the molecule is C=CC(=O)N1CCN(c2nc(=O)n3c4c(c(-c5cc(F)c(F)cc5F)c(Cl)cc24)SC[C@@H]3CN2CCn3c(C)nnc3C2)[C@@H](C)C1. The molecule has 0 radical (unpaired) electrons. The largest absolute Gasteiger partial charge is 0.350 e. The molecule has 3 aliphatic heterocycles. The highest BCUT2D eigenvalue weighted by Gasteiger charge is 2.35. The molecule has 4 aromatic rings. The summed E-state index contributed by atoms with van der Waals surface area (Å²) >= 11 is 8.25. The molecule has 5 heterocycles. The van der Waals surface area contributed by atoms with Crippen LogP contribution in [0.2, 0.25) is 5.02 Å². The van der Waals surface area contributed by atoms with Gasteiger partial charge >= 0.3 is 5.69 Å². The molecule has 1 fully saturated rings. The van der Waals surface area contributed by atoms with Gasteiger partial charge in [0.15, 0.2) is 11.6 Å². The second kappa shape index (κ2) is 11.7. The summed E-state index contributed by atoms with van der Waals surface area (Å²) in [6, 6.07) is 2.41. The van der Waals surface area contributed by atoms with Gasteiger partial charge in [0.1, 0.15) is 23.3 Å². The van der Waals surface area contributed by atoms with Gasteiger partial charge in [-0.05, 0) is 32.1 Å². The number of piperazine rings is 1. The number of hydrogen-bond donors (Lipinski definition) is 0. The number of halogens is 4. The summed E-state index contributed by atoms with van der Waals surface area (Å²) in [6.45, 7) is 11.2. The molecule has 15 heteroatoms. The molecule has 0 aliphatic carbocycles. The molecule has 1 amide bonds. The van der Waals surface area contributed by atoms with E-state index in [0.717, 1.165) is 30.8 Å². The van der Waals surface area contributed by atoms with Crippen LogP contribution in [0.3, 0.4) is 0 Å². The van der Waals surface area contributed by atoms with Crippen molar-refractivity contribution in [2.24, 2.45) is 0 Å². The molecular weight excluding hydrogens is 641 g/mol. The number of fused-ring (bicyclic) bond motifs is 1. The third-order valence-corrected chi connectivity index (χ3v) is 10.6. The van der Waals surface area contributed by atoms with E-state index in [1.54, 1.807) is 15.5 Å². The Labute approximate surface area is 271 Å². The van der Waals surface area contributed by atoms with Gasteiger partial charge in [0.2, 0.25) is 5.91 Å². The molecular formula is C31H30ClF3N8O2S.